The van der Waals surface area contributed by atoms with Crippen LogP contribution in [0.4, 0.5) is 0 Å². The van der Waals surface area contributed by atoms with Crippen molar-refractivity contribution in [3.05, 3.63) is 41.6 Å². The number of benzene rings is 1. The molecular formula is C15H17NSi. The maximum Gasteiger partial charge on any atom is 0.129 e. The molecule has 2 heteroatoms. The van der Waals surface area contributed by atoms with Crippen molar-refractivity contribution in [2.75, 3.05) is 0 Å². The topological polar surface area (TPSA) is 12.9 Å². The van der Waals surface area contributed by atoms with Crippen LogP contribution in [0.2, 0.25) is 19.6 Å². The number of rotatable bonds is 0. The van der Waals surface area contributed by atoms with Crippen molar-refractivity contribution in [3.63, 3.8) is 0 Å². The maximum absolute atomic E-state index is 4.59. The summed E-state index contributed by atoms with van der Waals surface area (Å²) in [4.78, 5) is 4.59. The van der Waals surface area contributed by atoms with E-state index in [4.69, 9.17) is 0 Å². The number of nitrogens with zero attached hydrogens (tertiary/aromatic N) is 1. The van der Waals surface area contributed by atoms with E-state index < -0.39 is 8.07 Å². The molecule has 1 aromatic heterocycles. The largest absolute Gasteiger partial charge is 0.239 e. The van der Waals surface area contributed by atoms with Gasteiger partial charge in [0.05, 0.1) is 5.52 Å². The summed E-state index contributed by atoms with van der Waals surface area (Å²) in [7, 11) is -1.33. The molecule has 0 atom stereocenters. The van der Waals surface area contributed by atoms with E-state index in [2.05, 4.69) is 55.1 Å². The number of aryl methyl sites for hydroxylation is 1. The van der Waals surface area contributed by atoms with Gasteiger partial charge in [0.15, 0.2) is 0 Å². The van der Waals surface area contributed by atoms with Crippen LogP contribution in [0, 0.1) is 18.4 Å². The van der Waals surface area contributed by atoms with Gasteiger partial charge in [-0.15, -0.1) is 5.54 Å². The fourth-order valence-electron chi connectivity index (χ4n) is 1.67. The Morgan fingerprint density at radius 3 is 2.53 bits per heavy atom. The van der Waals surface area contributed by atoms with Gasteiger partial charge in [0.2, 0.25) is 0 Å². The molecule has 0 radical (unpaired) electrons. The second-order valence-electron chi connectivity index (χ2n) is 5.34. The van der Waals surface area contributed by atoms with Gasteiger partial charge in [-0.3, -0.25) is 0 Å². The van der Waals surface area contributed by atoms with Crippen LogP contribution in [0.25, 0.3) is 10.9 Å². The summed E-state index contributed by atoms with van der Waals surface area (Å²) in [6.07, 6.45) is 0. The summed E-state index contributed by atoms with van der Waals surface area (Å²) in [5, 5.41) is 1.21. The van der Waals surface area contributed by atoms with Crippen molar-refractivity contribution >= 4 is 19.0 Å². The van der Waals surface area contributed by atoms with Crippen LogP contribution in [-0.2, 0) is 0 Å². The van der Waals surface area contributed by atoms with Crippen molar-refractivity contribution < 1.29 is 0 Å². The van der Waals surface area contributed by atoms with Crippen molar-refractivity contribution in [1.82, 2.24) is 4.98 Å². The van der Waals surface area contributed by atoms with E-state index in [0.717, 1.165) is 11.2 Å². The Morgan fingerprint density at radius 1 is 1.12 bits per heavy atom. The monoisotopic (exact) mass is 239 g/mol. The second kappa shape index (κ2) is 4.35. The van der Waals surface area contributed by atoms with E-state index in [0.29, 0.717) is 0 Å². The first-order valence-corrected chi connectivity index (χ1v) is 9.35. The Balaban J connectivity index is 2.53. The molecule has 0 saturated carbocycles. The minimum absolute atomic E-state index is 0.892. The average molecular weight is 239 g/mol. The molecule has 0 aliphatic carbocycles. The van der Waals surface area contributed by atoms with Gasteiger partial charge in [-0.1, -0.05) is 43.8 Å². The fraction of sp³-hybridized carbons (Fsp3) is 0.267. The van der Waals surface area contributed by atoms with E-state index in [-0.39, 0.29) is 0 Å². The first-order chi connectivity index (χ1) is 7.96. The number of hydrogen-bond acceptors (Lipinski definition) is 1. The number of para-hydroxylation sites is 1. The predicted octanol–water partition coefficient (Wildman–Crippen LogP) is 3.77. The SMILES string of the molecule is Cc1cc(C#C[Si](C)(C)C)nc2ccccc12. The van der Waals surface area contributed by atoms with E-state index in [1.807, 2.05) is 18.2 Å². The molecule has 1 heterocycles. The molecule has 2 aromatic rings. The highest BCUT2D eigenvalue weighted by atomic mass is 28.3. The van der Waals surface area contributed by atoms with E-state index in [9.17, 15) is 0 Å². The van der Waals surface area contributed by atoms with Gasteiger partial charge in [0.25, 0.3) is 0 Å². The van der Waals surface area contributed by atoms with Crippen LogP contribution in [0.5, 0.6) is 0 Å². The van der Waals surface area contributed by atoms with Crippen LogP contribution in [0.15, 0.2) is 30.3 Å². The first kappa shape index (κ1) is 11.9. The van der Waals surface area contributed by atoms with Crippen molar-refractivity contribution in [3.8, 4) is 11.5 Å². The van der Waals surface area contributed by atoms with E-state index in [1.54, 1.807) is 0 Å². The zero-order chi connectivity index (χ0) is 12.5. The fourth-order valence-corrected chi connectivity index (χ4v) is 2.17. The molecule has 0 saturated heterocycles. The summed E-state index contributed by atoms with van der Waals surface area (Å²) < 4.78 is 0. The smallest absolute Gasteiger partial charge is 0.129 e. The summed E-state index contributed by atoms with van der Waals surface area (Å²) in [5.41, 5.74) is 6.53. The lowest BCUT2D eigenvalue weighted by Crippen LogP contribution is -2.16. The molecule has 2 rings (SSSR count). The van der Waals surface area contributed by atoms with Crippen LogP contribution in [-0.4, -0.2) is 13.1 Å². The van der Waals surface area contributed by atoms with Gasteiger partial charge in [-0.25, -0.2) is 4.98 Å². The average Bonchev–Trinajstić information content (AvgIpc) is 2.26. The highest BCUT2D eigenvalue weighted by Gasteiger charge is 2.08. The Hall–Kier alpha value is -1.59. The lowest BCUT2D eigenvalue weighted by molar-refractivity contribution is 1.33. The lowest BCUT2D eigenvalue weighted by Gasteiger charge is -2.04. The van der Waals surface area contributed by atoms with Crippen LogP contribution >= 0.6 is 0 Å². The number of fused-ring (bicyclic) bond motifs is 1. The van der Waals surface area contributed by atoms with Gasteiger partial charge >= 0.3 is 0 Å². The molecule has 86 valence electrons. The molecular weight excluding hydrogens is 222 g/mol. The van der Waals surface area contributed by atoms with Crippen molar-refractivity contribution in [2.45, 2.75) is 26.6 Å². The molecule has 17 heavy (non-hydrogen) atoms. The maximum atomic E-state index is 4.59. The van der Waals surface area contributed by atoms with Crippen LogP contribution < -0.4 is 0 Å². The molecule has 1 nitrogen and oxygen atoms in total. The number of pyridine rings is 1. The molecule has 0 amide bonds. The highest BCUT2D eigenvalue weighted by Crippen LogP contribution is 2.16. The third-order valence-electron chi connectivity index (χ3n) is 2.49. The second-order valence-corrected chi connectivity index (χ2v) is 10.1. The zero-order valence-electron chi connectivity index (χ0n) is 10.8. The van der Waals surface area contributed by atoms with Gasteiger partial charge in [0.1, 0.15) is 13.8 Å². The molecule has 0 spiro atoms. The summed E-state index contributed by atoms with van der Waals surface area (Å²) >= 11 is 0. The summed E-state index contributed by atoms with van der Waals surface area (Å²) in [6.45, 7) is 8.85. The van der Waals surface area contributed by atoms with Gasteiger partial charge < -0.3 is 0 Å². The molecule has 0 bridgehead atoms. The first-order valence-electron chi connectivity index (χ1n) is 5.85. The highest BCUT2D eigenvalue weighted by molar-refractivity contribution is 6.83. The minimum Gasteiger partial charge on any atom is -0.239 e. The Bertz CT molecular complexity index is 612. The molecule has 1 aromatic carbocycles. The van der Waals surface area contributed by atoms with Gasteiger partial charge in [-0.2, -0.15) is 0 Å². The molecule has 0 unspecified atom stereocenters. The summed E-state index contributed by atoms with van der Waals surface area (Å²) in [5.74, 6) is 3.22. The lowest BCUT2D eigenvalue weighted by atomic mass is 10.1. The number of hydrogen-bond donors (Lipinski definition) is 0. The van der Waals surface area contributed by atoms with Crippen LogP contribution in [0.3, 0.4) is 0 Å². The van der Waals surface area contributed by atoms with E-state index in [1.165, 1.54) is 10.9 Å². The Morgan fingerprint density at radius 2 is 1.82 bits per heavy atom. The predicted molar refractivity (Wildman–Crippen MR) is 76.7 cm³/mol. The third kappa shape index (κ3) is 2.95. The minimum atomic E-state index is -1.33. The van der Waals surface area contributed by atoms with Gasteiger partial charge in [0, 0.05) is 5.39 Å². The Kier molecular flexibility index (Phi) is 3.04. The molecule has 0 aliphatic rings. The Labute approximate surface area is 104 Å². The quantitative estimate of drug-likeness (QED) is 0.504. The number of aromatic nitrogens is 1. The normalized spacial score (nSPS) is 11.1. The van der Waals surface area contributed by atoms with E-state index >= 15 is 0 Å². The summed E-state index contributed by atoms with van der Waals surface area (Å²) in [6, 6.07) is 10.3. The third-order valence-corrected chi connectivity index (χ3v) is 3.36. The van der Waals surface area contributed by atoms with Crippen molar-refractivity contribution in [2.24, 2.45) is 0 Å². The van der Waals surface area contributed by atoms with Gasteiger partial charge in [-0.05, 0) is 24.6 Å². The van der Waals surface area contributed by atoms with Crippen molar-refractivity contribution in [1.29, 1.82) is 0 Å². The molecule has 0 N–H and O–H groups in total. The van der Waals surface area contributed by atoms with Crippen LogP contribution in [0.1, 0.15) is 11.3 Å². The zero-order valence-corrected chi connectivity index (χ0v) is 11.8. The molecule has 0 aliphatic heterocycles. The standard InChI is InChI=1S/C15H17NSi/c1-12-11-13(9-10-17(2,3)4)16-15-8-6-5-7-14(12)15/h5-8,11H,1-4H3. The molecule has 0 fully saturated rings.